The summed E-state index contributed by atoms with van der Waals surface area (Å²) in [6, 6.07) is 0. The summed E-state index contributed by atoms with van der Waals surface area (Å²) >= 11 is 0. The van der Waals surface area contributed by atoms with Crippen LogP contribution in [0.5, 0.6) is 0 Å². The fourth-order valence-electron chi connectivity index (χ4n) is 1.53. The Morgan fingerprint density at radius 1 is 0.318 bits per heavy atom. The summed E-state index contributed by atoms with van der Waals surface area (Å²) in [6.07, 6.45) is -15.5. The van der Waals surface area contributed by atoms with E-state index in [0.29, 0.717) is 12.4 Å². The van der Waals surface area contributed by atoms with Crippen LogP contribution in [0, 0.1) is 0 Å². The molecule has 0 aromatic heterocycles. The second-order valence-corrected chi connectivity index (χ2v) is 12.9. The quantitative estimate of drug-likeness (QED) is 0.139. The van der Waals surface area contributed by atoms with Gasteiger partial charge in [0.05, 0.1) is 0 Å². The molecule has 0 aromatic carbocycles. The summed E-state index contributed by atoms with van der Waals surface area (Å²) in [7, 11) is -32.4. The van der Waals surface area contributed by atoms with Gasteiger partial charge >= 0.3 is 135 Å². The zero-order chi connectivity index (χ0) is 34.1. The van der Waals surface area contributed by atoms with E-state index in [1.54, 1.807) is 0 Å². The van der Waals surface area contributed by atoms with Crippen molar-refractivity contribution in [2.75, 3.05) is 0 Å². The van der Waals surface area contributed by atoms with Gasteiger partial charge in [0.2, 0.25) is 0 Å². The second kappa shape index (κ2) is 14.3. The van der Waals surface area contributed by atoms with Gasteiger partial charge in [-0.3, -0.25) is 16.8 Å². The molecule has 0 aromatic rings. The number of halogens is 18. The van der Waals surface area contributed by atoms with Gasteiger partial charge in [-0.05, 0) is 0 Å². The number of hydrogen-bond donors (Lipinski definition) is 0. The first-order valence-electron chi connectivity index (χ1n) is 7.74. The first-order valence-corrected chi connectivity index (χ1v) is 13.4. The van der Waals surface area contributed by atoms with Gasteiger partial charge in [-0.25, -0.2) is 16.8 Å². The van der Waals surface area contributed by atoms with Crippen LogP contribution in [0.15, 0.2) is 0 Å². The Balaban J connectivity index is -0.00000267. The normalized spacial score (nSPS) is 15.5. The Labute approximate surface area is 297 Å². The van der Waals surface area contributed by atoms with Gasteiger partial charge in [0.25, 0.3) is 0 Å². The molecule has 36 heteroatoms. The van der Waals surface area contributed by atoms with Crippen LogP contribution < -0.4 is 88.7 Å². The maximum absolute atomic E-state index is 13.4. The summed E-state index contributed by atoms with van der Waals surface area (Å²) in [6.45, 7) is 0. The monoisotopic (exact) mass is 805 g/mol. The van der Waals surface area contributed by atoms with Gasteiger partial charge < -0.3 is 12.4 Å². The molecule has 0 aliphatic carbocycles. The summed E-state index contributed by atoms with van der Waals surface area (Å²) in [5.41, 5.74) is 0. The molecule has 248 valence electrons. The molecule has 44 heavy (non-hydrogen) atoms. The third-order valence-electron chi connectivity index (χ3n) is 3.45. The van der Waals surface area contributed by atoms with Crippen molar-refractivity contribution >= 4 is 40.5 Å². The van der Waals surface area contributed by atoms with Crippen molar-refractivity contribution in [1.82, 2.24) is 0 Å². The molecule has 0 radical (unpaired) electrons. The minimum atomic E-state index is -8.49. The molecule has 0 heterocycles. The molecule has 0 bridgehead atoms. The molecular formula is C8F18N3Na3O8S4. The van der Waals surface area contributed by atoms with Crippen LogP contribution >= 0.6 is 0 Å². The summed E-state index contributed by atoms with van der Waals surface area (Å²) in [4.78, 5) is 0. The Hall–Kier alpha value is 1.42. The SMILES string of the molecule is O=S(=O)([N-]S(=O)(=O)[N-]S(=O)(=O)C(F)(F)C(F)(F)C(F)(F)C(F)(F)F)[N-]S(=O)(=O)C(F)(F)C(F)(F)C(F)(F)C(F)(F)F.[Na+].[Na+].[Na+]. The molecule has 0 aliphatic heterocycles. The maximum Gasteiger partial charge on any atom is 1.00 e. The van der Waals surface area contributed by atoms with E-state index in [0.717, 1.165) is 0 Å². The number of rotatable bonds is 12. The third kappa shape index (κ3) is 9.35. The van der Waals surface area contributed by atoms with Crippen LogP contribution in [-0.2, 0) is 40.5 Å². The van der Waals surface area contributed by atoms with Gasteiger partial charge in [-0.2, -0.15) is 79.0 Å². The number of alkyl halides is 18. The van der Waals surface area contributed by atoms with Gasteiger partial charge in [0, 0.05) is 20.4 Å². The van der Waals surface area contributed by atoms with E-state index < -0.39 is 87.0 Å². The molecule has 0 fully saturated rings. The Kier molecular flexibility index (Phi) is 17.0. The Morgan fingerprint density at radius 2 is 0.500 bits per heavy atom. The molecule has 0 spiro atoms. The molecule has 0 atom stereocenters. The topological polar surface area (TPSA) is 179 Å². The smallest absolute Gasteiger partial charge is 0.470 e. The zero-order valence-electron chi connectivity index (χ0n) is 20.0. The molecule has 0 aliphatic rings. The standard InChI is InChI=1S/C8F18N3O8S4.3Na/c9-1(10,5(17,18)19)3(13,14)7(23,24)38(30,31)27-40(34,35)29-41(36,37)28-39(32,33)8(25,26)4(15,16)2(11,12)6(20,21)22;;;/q-3;3*+1. The van der Waals surface area contributed by atoms with E-state index in [1.165, 1.54) is 0 Å². The fourth-order valence-corrected chi connectivity index (χ4v) is 6.83. The predicted molar refractivity (Wildman–Crippen MR) is 87.5 cm³/mol. The van der Waals surface area contributed by atoms with Crippen LogP contribution in [0.1, 0.15) is 0 Å². The van der Waals surface area contributed by atoms with E-state index in [4.69, 9.17) is 0 Å². The first-order chi connectivity index (χ1) is 17.1. The largest absolute Gasteiger partial charge is 1.00 e. The van der Waals surface area contributed by atoms with Crippen LogP contribution in [0.4, 0.5) is 79.0 Å². The summed E-state index contributed by atoms with van der Waals surface area (Å²) < 4.78 is 319. The van der Waals surface area contributed by atoms with Gasteiger partial charge in [0.1, 0.15) is 0 Å². The van der Waals surface area contributed by atoms with Gasteiger partial charge in [-0.15, -0.1) is 0 Å². The molecule has 0 unspecified atom stereocenters. The average Bonchev–Trinajstić information content (AvgIpc) is 2.62. The van der Waals surface area contributed by atoms with Crippen molar-refractivity contribution in [3.8, 4) is 0 Å². The van der Waals surface area contributed by atoms with Crippen molar-refractivity contribution in [3.05, 3.63) is 12.4 Å². The number of hydrogen-bond acceptors (Lipinski definition) is 8. The van der Waals surface area contributed by atoms with Crippen LogP contribution in [0.2, 0.25) is 0 Å². The van der Waals surface area contributed by atoms with E-state index >= 15 is 0 Å². The third-order valence-corrected chi connectivity index (χ3v) is 9.85. The van der Waals surface area contributed by atoms with Crippen molar-refractivity contribution in [1.29, 1.82) is 0 Å². The van der Waals surface area contributed by atoms with Gasteiger partial charge in [-0.1, -0.05) is 0 Å². The van der Waals surface area contributed by atoms with Crippen molar-refractivity contribution in [2.45, 2.75) is 46.6 Å². The molecule has 0 N–H and O–H groups in total. The van der Waals surface area contributed by atoms with Crippen molar-refractivity contribution in [3.63, 3.8) is 0 Å². The van der Waals surface area contributed by atoms with Crippen LogP contribution in [0.3, 0.4) is 0 Å². The molecule has 11 nitrogen and oxygen atoms in total. The minimum Gasteiger partial charge on any atom is -0.470 e. The Morgan fingerprint density at radius 3 is 0.659 bits per heavy atom. The number of sulfonamides is 2. The zero-order valence-corrected chi connectivity index (χ0v) is 29.3. The molecule has 0 saturated heterocycles. The summed E-state index contributed by atoms with van der Waals surface area (Å²) in [5, 5.41) is -16.1. The molecule has 0 saturated carbocycles. The van der Waals surface area contributed by atoms with Crippen LogP contribution in [0.25, 0.3) is 12.4 Å². The van der Waals surface area contributed by atoms with E-state index in [-0.39, 0.29) is 88.7 Å². The van der Waals surface area contributed by atoms with Crippen LogP contribution in [-0.4, -0.2) is 80.2 Å². The molecule has 0 rings (SSSR count). The average molecular weight is 805 g/mol. The second-order valence-electron chi connectivity index (χ2n) is 6.40. The minimum absolute atomic E-state index is 0. The van der Waals surface area contributed by atoms with E-state index in [2.05, 4.69) is 0 Å². The first kappa shape index (κ1) is 52.2. The molecule has 0 amide bonds. The van der Waals surface area contributed by atoms with E-state index in [9.17, 15) is 113 Å². The summed E-state index contributed by atoms with van der Waals surface area (Å²) in [5.74, 6) is -32.6. The Bertz CT molecular complexity index is 1350. The number of nitrogens with zero attached hydrogens (tertiary/aromatic N) is 3. The van der Waals surface area contributed by atoms with Gasteiger partial charge in [0.15, 0.2) is 20.0 Å². The van der Waals surface area contributed by atoms with Crippen molar-refractivity contribution in [2.24, 2.45) is 0 Å². The van der Waals surface area contributed by atoms with E-state index in [1.807, 2.05) is 0 Å². The van der Waals surface area contributed by atoms with Crippen molar-refractivity contribution < 1.29 is 201 Å². The maximum atomic E-state index is 13.4. The predicted octanol–water partition coefficient (Wildman–Crippen LogP) is -4.88. The molecular weight excluding hydrogens is 805 g/mol. The fraction of sp³-hybridized carbons (Fsp3) is 1.00.